The lowest BCUT2D eigenvalue weighted by atomic mass is 10.1. The summed E-state index contributed by atoms with van der Waals surface area (Å²) in [5.41, 5.74) is 7.74. The normalized spacial score (nSPS) is 20.4. The maximum Gasteiger partial charge on any atom is 0.159 e. The average Bonchev–Trinajstić information content (AvgIpc) is 2.39. The first-order valence-electron chi connectivity index (χ1n) is 5.88. The first kappa shape index (κ1) is 12.5. The van der Waals surface area contributed by atoms with Crippen LogP contribution in [0.3, 0.4) is 0 Å². The number of anilines is 1. The zero-order valence-electron chi connectivity index (χ0n) is 10.1. The molecule has 1 unspecified atom stereocenters. The molecule has 1 heterocycles. The summed E-state index contributed by atoms with van der Waals surface area (Å²) < 4.78 is 0. The largest absolute Gasteiger partial charge is 0.366 e. The molecule has 0 aromatic heterocycles. The van der Waals surface area contributed by atoms with E-state index in [1.807, 2.05) is 36.0 Å². The minimum atomic E-state index is 0.112. The second-order valence-electron chi connectivity index (χ2n) is 4.26. The van der Waals surface area contributed by atoms with Crippen molar-refractivity contribution < 1.29 is 4.79 Å². The molecule has 92 valence electrons. The number of carbonyl (C=O) groups excluding carboxylic acids is 1. The predicted molar refractivity (Wildman–Crippen MR) is 74.0 cm³/mol. The number of benzene rings is 1. The number of nitrogens with zero attached hydrogens (tertiary/aromatic N) is 1. The number of ketones is 1. The van der Waals surface area contributed by atoms with Crippen molar-refractivity contribution in [3.8, 4) is 0 Å². The third-order valence-electron chi connectivity index (χ3n) is 3.11. The Labute approximate surface area is 106 Å². The molecule has 2 rings (SSSR count). The van der Waals surface area contributed by atoms with Crippen LogP contribution in [0.15, 0.2) is 24.3 Å². The topological polar surface area (TPSA) is 46.3 Å². The fourth-order valence-electron chi connectivity index (χ4n) is 2.08. The molecule has 17 heavy (non-hydrogen) atoms. The third-order valence-corrected chi connectivity index (χ3v) is 4.20. The van der Waals surface area contributed by atoms with E-state index in [2.05, 4.69) is 4.90 Å². The lowest BCUT2D eigenvalue weighted by molar-refractivity contribution is 0.101. The smallest absolute Gasteiger partial charge is 0.159 e. The van der Waals surface area contributed by atoms with Gasteiger partial charge in [-0.2, -0.15) is 11.8 Å². The number of thioether (sulfide) groups is 1. The molecule has 1 aliphatic rings. The summed E-state index contributed by atoms with van der Waals surface area (Å²) in [5, 5.41) is 0. The SMILES string of the molecule is CC(=O)c1ccc(N2CCSCC2CN)cc1. The highest BCUT2D eigenvalue weighted by Crippen LogP contribution is 2.24. The molecule has 1 fully saturated rings. The molecule has 1 aromatic rings. The van der Waals surface area contributed by atoms with E-state index in [0.717, 1.165) is 23.6 Å². The van der Waals surface area contributed by atoms with Crippen LogP contribution in [0, 0.1) is 0 Å². The Morgan fingerprint density at radius 3 is 2.76 bits per heavy atom. The van der Waals surface area contributed by atoms with Crippen molar-refractivity contribution in [1.82, 2.24) is 0 Å². The highest BCUT2D eigenvalue weighted by molar-refractivity contribution is 7.99. The van der Waals surface area contributed by atoms with Crippen molar-refractivity contribution >= 4 is 23.2 Å². The van der Waals surface area contributed by atoms with Crippen LogP contribution in [-0.2, 0) is 0 Å². The van der Waals surface area contributed by atoms with Crippen LogP contribution in [0.5, 0.6) is 0 Å². The molecule has 0 spiro atoms. The highest BCUT2D eigenvalue weighted by Gasteiger charge is 2.21. The quantitative estimate of drug-likeness (QED) is 0.831. The van der Waals surface area contributed by atoms with Crippen LogP contribution in [0.4, 0.5) is 5.69 Å². The van der Waals surface area contributed by atoms with Gasteiger partial charge in [-0.15, -0.1) is 0 Å². The summed E-state index contributed by atoms with van der Waals surface area (Å²) in [4.78, 5) is 13.6. The van der Waals surface area contributed by atoms with Gasteiger partial charge >= 0.3 is 0 Å². The Balaban J connectivity index is 2.17. The number of carbonyl (C=O) groups is 1. The van der Waals surface area contributed by atoms with Crippen LogP contribution >= 0.6 is 11.8 Å². The number of Topliss-reactive ketones (excluding diaryl/α,β-unsaturated/α-hetero) is 1. The number of hydrogen-bond acceptors (Lipinski definition) is 4. The van der Waals surface area contributed by atoms with Gasteiger partial charge in [-0.3, -0.25) is 4.79 Å². The second kappa shape index (κ2) is 5.56. The van der Waals surface area contributed by atoms with Crippen LogP contribution in [0.25, 0.3) is 0 Å². The van der Waals surface area contributed by atoms with Crippen molar-refractivity contribution in [2.24, 2.45) is 5.73 Å². The Bertz CT molecular complexity index is 391. The molecular weight excluding hydrogens is 232 g/mol. The molecule has 3 nitrogen and oxygen atoms in total. The van der Waals surface area contributed by atoms with Gasteiger partial charge in [0, 0.05) is 35.8 Å². The Hall–Kier alpha value is -1.00. The van der Waals surface area contributed by atoms with Gasteiger partial charge in [0.1, 0.15) is 0 Å². The third kappa shape index (κ3) is 2.82. The zero-order valence-corrected chi connectivity index (χ0v) is 10.9. The van der Waals surface area contributed by atoms with Gasteiger partial charge in [-0.25, -0.2) is 0 Å². The minimum Gasteiger partial charge on any atom is -0.366 e. The second-order valence-corrected chi connectivity index (χ2v) is 5.41. The van der Waals surface area contributed by atoms with Crippen molar-refractivity contribution in [3.63, 3.8) is 0 Å². The molecule has 0 bridgehead atoms. The fourth-order valence-corrected chi connectivity index (χ4v) is 3.16. The minimum absolute atomic E-state index is 0.112. The maximum atomic E-state index is 11.2. The monoisotopic (exact) mass is 250 g/mol. The molecule has 4 heteroatoms. The van der Waals surface area contributed by atoms with Gasteiger partial charge in [0.25, 0.3) is 0 Å². The van der Waals surface area contributed by atoms with Crippen molar-refractivity contribution in [2.45, 2.75) is 13.0 Å². The summed E-state index contributed by atoms with van der Waals surface area (Å²) >= 11 is 1.96. The summed E-state index contributed by atoms with van der Waals surface area (Å²) in [5.74, 6) is 2.34. The van der Waals surface area contributed by atoms with Gasteiger partial charge in [0.15, 0.2) is 5.78 Å². The van der Waals surface area contributed by atoms with E-state index in [-0.39, 0.29) is 5.78 Å². The van der Waals surface area contributed by atoms with Crippen LogP contribution < -0.4 is 10.6 Å². The van der Waals surface area contributed by atoms with E-state index in [1.54, 1.807) is 6.92 Å². The Kier molecular flexibility index (Phi) is 4.07. The standard InChI is InChI=1S/C13H18N2OS/c1-10(16)11-2-4-12(5-3-11)15-6-7-17-9-13(15)8-14/h2-5,13H,6-9,14H2,1H3. The maximum absolute atomic E-state index is 11.2. The van der Waals surface area contributed by atoms with Crippen LogP contribution in [0.2, 0.25) is 0 Å². The number of nitrogens with two attached hydrogens (primary N) is 1. The van der Waals surface area contributed by atoms with Crippen molar-refractivity contribution in [3.05, 3.63) is 29.8 Å². The van der Waals surface area contributed by atoms with Gasteiger partial charge < -0.3 is 10.6 Å². The summed E-state index contributed by atoms with van der Waals surface area (Å²) in [7, 11) is 0. The van der Waals surface area contributed by atoms with Crippen molar-refractivity contribution in [1.29, 1.82) is 0 Å². The Morgan fingerprint density at radius 2 is 2.18 bits per heavy atom. The molecule has 0 amide bonds. The van der Waals surface area contributed by atoms with Gasteiger partial charge in [-0.1, -0.05) is 0 Å². The van der Waals surface area contributed by atoms with E-state index in [1.165, 1.54) is 5.69 Å². The molecule has 1 aromatic carbocycles. The van der Waals surface area contributed by atoms with Gasteiger partial charge in [-0.05, 0) is 31.2 Å². The lowest BCUT2D eigenvalue weighted by Gasteiger charge is -2.36. The molecular formula is C13H18N2OS. The molecule has 0 aliphatic carbocycles. The molecule has 0 saturated carbocycles. The molecule has 0 radical (unpaired) electrons. The van der Waals surface area contributed by atoms with E-state index < -0.39 is 0 Å². The molecule has 2 N–H and O–H groups in total. The van der Waals surface area contributed by atoms with E-state index >= 15 is 0 Å². The van der Waals surface area contributed by atoms with E-state index in [0.29, 0.717) is 12.6 Å². The predicted octanol–water partition coefficient (Wildman–Crippen LogP) is 1.77. The average molecular weight is 250 g/mol. The number of rotatable bonds is 3. The van der Waals surface area contributed by atoms with Gasteiger partial charge in [0.05, 0.1) is 6.04 Å². The first-order valence-corrected chi connectivity index (χ1v) is 7.03. The highest BCUT2D eigenvalue weighted by atomic mass is 32.2. The molecule has 1 atom stereocenters. The molecule has 1 saturated heterocycles. The van der Waals surface area contributed by atoms with Crippen molar-refractivity contribution in [2.75, 3.05) is 29.5 Å². The van der Waals surface area contributed by atoms with Crippen LogP contribution in [-0.4, -0.2) is 36.4 Å². The Morgan fingerprint density at radius 1 is 1.47 bits per heavy atom. The molecule has 1 aliphatic heterocycles. The summed E-state index contributed by atoms with van der Waals surface area (Å²) in [6, 6.07) is 8.25. The van der Waals surface area contributed by atoms with E-state index in [4.69, 9.17) is 5.73 Å². The van der Waals surface area contributed by atoms with Gasteiger partial charge in [0.2, 0.25) is 0 Å². The fraction of sp³-hybridized carbons (Fsp3) is 0.462. The zero-order chi connectivity index (χ0) is 12.3. The lowest BCUT2D eigenvalue weighted by Crippen LogP contribution is -2.46. The number of hydrogen-bond donors (Lipinski definition) is 1. The summed E-state index contributed by atoms with van der Waals surface area (Å²) in [6.07, 6.45) is 0. The van der Waals surface area contributed by atoms with E-state index in [9.17, 15) is 4.79 Å². The van der Waals surface area contributed by atoms with Crippen LogP contribution in [0.1, 0.15) is 17.3 Å². The summed E-state index contributed by atoms with van der Waals surface area (Å²) in [6.45, 7) is 3.31. The first-order chi connectivity index (χ1) is 8.22.